The molecular formula is C17H19BrN2O5. The van der Waals surface area contributed by atoms with Gasteiger partial charge in [0.05, 0.1) is 43.6 Å². The Hall–Kier alpha value is -2.48. The van der Waals surface area contributed by atoms with E-state index in [9.17, 15) is 9.59 Å². The van der Waals surface area contributed by atoms with Crippen molar-refractivity contribution in [1.29, 1.82) is 0 Å². The zero-order chi connectivity index (χ0) is 18.4. The summed E-state index contributed by atoms with van der Waals surface area (Å²) in [7, 11) is 4.52. The van der Waals surface area contributed by atoms with Gasteiger partial charge in [-0.1, -0.05) is 0 Å². The van der Waals surface area contributed by atoms with Crippen LogP contribution in [0.15, 0.2) is 39.4 Å². The van der Waals surface area contributed by atoms with Crippen LogP contribution in [0.5, 0.6) is 11.5 Å². The molecule has 2 rings (SSSR count). The number of carbonyl (C=O) groups is 2. The van der Waals surface area contributed by atoms with Gasteiger partial charge >= 0.3 is 0 Å². The highest BCUT2D eigenvalue weighted by Gasteiger charge is 2.22. The molecule has 2 aromatic rings. The second-order valence-corrected chi connectivity index (χ2v) is 6.06. The lowest BCUT2D eigenvalue weighted by molar-refractivity contribution is -0.121. The van der Waals surface area contributed by atoms with Crippen molar-refractivity contribution in [3.05, 3.63) is 46.3 Å². The summed E-state index contributed by atoms with van der Waals surface area (Å²) in [6.45, 7) is 0.166. The van der Waals surface area contributed by atoms with E-state index in [2.05, 4.69) is 21.2 Å². The van der Waals surface area contributed by atoms with E-state index in [1.807, 2.05) is 0 Å². The van der Waals surface area contributed by atoms with Crippen molar-refractivity contribution in [3.8, 4) is 11.5 Å². The number of ether oxygens (including phenoxy) is 2. The molecule has 0 saturated heterocycles. The van der Waals surface area contributed by atoms with Crippen molar-refractivity contribution < 1.29 is 23.5 Å². The number of rotatable bonds is 7. The first-order valence-corrected chi connectivity index (χ1v) is 8.21. The molecule has 134 valence electrons. The maximum absolute atomic E-state index is 12.7. The Morgan fingerprint density at radius 3 is 2.64 bits per heavy atom. The molecule has 0 spiro atoms. The Balaban J connectivity index is 2.06. The van der Waals surface area contributed by atoms with Crippen molar-refractivity contribution in [2.45, 2.75) is 6.54 Å². The summed E-state index contributed by atoms with van der Waals surface area (Å²) >= 11 is 3.35. The van der Waals surface area contributed by atoms with Crippen LogP contribution < -0.4 is 14.8 Å². The Bertz CT molecular complexity index is 746. The molecule has 0 fully saturated rings. The van der Waals surface area contributed by atoms with Gasteiger partial charge in [0.2, 0.25) is 5.91 Å². The van der Waals surface area contributed by atoms with Gasteiger partial charge in [0.25, 0.3) is 5.91 Å². The van der Waals surface area contributed by atoms with Crippen LogP contribution in [0.1, 0.15) is 16.1 Å². The average molecular weight is 411 g/mol. The van der Waals surface area contributed by atoms with E-state index >= 15 is 0 Å². The van der Waals surface area contributed by atoms with Crippen molar-refractivity contribution in [2.24, 2.45) is 0 Å². The number of methoxy groups -OCH3 is 2. The molecule has 0 aliphatic rings. The van der Waals surface area contributed by atoms with E-state index < -0.39 is 0 Å². The quantitative estimate of drug-likeness (QED) is 0.757. The molecular weight excluding hydrogens is 392 g/mol. The number of amides is 2. The first-order valence-electron chi connectivity index (χ1n) is 7.42. The predicted octanol–water partition coefficient (Wildman–Crippen LogP) is 2.45. The number of halogens is 1. The van der Waals surface area contributed by atoms with Crippen LogP contribution in [0.2, 0.25) is 0 Å². The van der Waals surface area contributed by atoms with Gasteiger partial charge in [0.15, 0.2) is 0 Å². The normalized spacial score (nSPS) is 10.2. The fourth-order valence-electron chi connectivity index (χ4n) is 2.20. The van der Waals surface area contributed by atoms with Crippen LogP contribution >= 0.6 is 15.9 Å². The van der Waals surface area contributed by atoms with Gasteiger partial charge in [0.1, 0.15) is 17.3 Å². The molecule has 0 bridgehead atoms. The van der Waals surface area contributed by atoms with E-state index in [1.54, 1.807) is 31.3 Å². The third-order valence-electron chi connectivity index (χ3n) is 3.45. The highest BCUT2D eigenvalue weighted by molar-refractivity contribution is 9.10. The molecule has 0 unspecified atom stereocenters. The maximum atomic E-state index is 12.7. The van der Waals surface area contributed by atoms with E-state index in [-0.39, 0.29) is 24.9 Å². The predicted molar refractivity (Wildman–Crippen MR) is 94.8 cm³/mol. The minimum atomic E-state index is -0.357. The fraction of sp³-hybridized carbons (Fsp3) is 0.294. The molecule has 0 aliphatic carbocycles. The Kier molecular flexibility index (Phi) is 6.46. The topological polar surface area (TPSA) is 81.0 Å². The lowest BCUT2D eigenvalue weighted by Gasteiger charge is -2.19. The summed E-state index contributed by atoms with van der Waals surface area (Å²) in [5.74, 6) is 0.874. The van der Waals surface area contributed by atoms with Crippen LogP contribution in [0.25, 0.3) is 0 Å². The monoisotopic (exact) mass is 410 g/mol. The molecule has 25 heavy (non-hydrogen) atoms. The third-order valence-corrected chi connectivity index (χ3v) is 4.04. The molecule has 1 heterocycles. The number of furan rings is 1. The first kappa shape index (κ1) is 18.9. The summed E-state index contributed by atoms with van der Waals surface area (Å²) in [5, 5.41) is 2.69. The summed E-state index contributed by atoms with van der Waals surface area (Å²) in [5.41, 5.74) is 0.301. The van der Waals surface area contributed by atoms with Crippen LogP contribution in [-0.2, 0) is 11.3 Å². The fourth-order valence-corrected chi connectivity index (χ4v) is 2.80. The van der Waals surface area contributed by atoms with Crippen LogP contribution in [0, 0.1) is 0 Å². The Morgan fingerprint density at radius 1 is 1.28 bits per heavy atom. The van der Waals surface area contributed by atoms with Crippen molar-refractivity contribution >= 4 is 27.7 Å². The van der Waals surface area contributed by atoms with Crippen LogP contribution in [0.4, 0.5) is 0 Å². The minimum Gasteiger partial charge on any atom is -0.497 e. The molecule has 0 saturated carbocycles. The molecule has 0 atom stereocenters. The third kappa shape index (κ3) is 4.76. The van der Waals surface area contributed by atoms with Crippen LogP contribution in [0.3, 0.4) is 0 Å². The maximum Gasteiger partial charge on any atom is 0.258 e. The van der Waals surface area contributed by atoms with Crippen LogP contribution in [-0.4, -0.2) is 44.5 Å². The molecule has 1 aromatic heterocycles. The molecule has 0 radical (unpaired) electrons. The summed E-state index contributed by atoms with van der Waals surface area (Å²) < 4.78 is 16.2. The molecule has 1 N–H and O–H groups in total. The highest BCUT2D eigenvalue weighted by atomic mass is 79.9. The number of nitrogens with one attached hydrogen (secondary N) is 1. The SMILES string of the molecule is COc1cc(Br)c(OC)c(C(=O)N(C)CC(=O)NCc2ccco2)c1. The number of nitrogens with zero attached hydrogens (tertiary/aromatic N) is 1. The molecule has 8 heteroatoms. The largest absolute Gasteiger partial charge is 0.497 e. The Morgan fingerprint density at radius 2 is 2.04 bits per heavy atom. The standard InChI is InChI=1S/C17H19BrN2O5/c1-20(10-15(21)19-9-11-5-4-6-25-11)17(22)13-7-12(23-2)8-14(18)16(13)24-3/h4-8H,9-10H2,1-3H3,(H,19,21). The molecule has 2 amide bonds. The molecule has 1 aromatic carbocycles. The molecule has 7 nitrogen and oxygen atoms in total. The average Bonchev–Trinajstić information content (AvgIpc) is 3.12. The first-order chi connectivity index (χ1) is 12.0. The number of likely N-dealkylation sites (N-methyl/N-ethyl adjacent to an activating group) is 1. The minimum absolute atomic E-state index is 0.0997. The van der Waals surface area contributed by atoms with E-state index in [0.717, 1.165) is 0 Å². The zero-order valence-corrected chi connectivity index (χ0v) is 15.8. The highest BCUT2D eigenvalue weighted by Crippen LogP contribution is 2.34. The lowest BCUT2D eigenvalue weighted by atomic mass is 10.1. The number of benzene rings is 1. The smallest absolute Gasteiger partial charge is 0.258 e. The number of carbonyl (C=O) groups excluding carboxylic acids is 2. The molecule has 0 aliphatic heterocycles. The van der Waals surface area contributed by atoms with Gasteiger partial charge in [-0.15, -0.1) is 0 Å². The van der Waals surface area contributed by atoms with Crippen molar-refractivity contribution in [1.82, 2.24) is 10.2 Å². The van der Waals surface area contributed by atoms with E-state index in [1.165, 1.54) is 25.4 Å². The lowest BCUT2D eigenvalue weighted by Crippen LogP contribution is -2.38. The Labute approximate surface area is 154 Å². The van der Waals surface area contributed by atoms with Gasteiger partial charge < -0.3 is 24.1 Å². The number of hydrogen-bond acceptors (Lipinski definition) is 5. The second-order valence-electron chi connectivity index (χ2n) is 5.21. The summed E-state index contributed by atoms with van der Waals surface area (Å²) in [4.78, 5) is 26.0. The van der Waals surface area contributed by atoms with Gasteiger partial charge in [0, 0.05) is 7.05 Å². The van der Waals surface area contributed by atoms with E-state index in [4.69, 9.17) is 13.9 Å². The van der Waals surface area contributed by atoms with Gasteiger partial charge in [-0.2, -0.15) is 0 Å². The van der Waals surface area contributed by atoms with E-state index in [0.29, 0.717) is 27.3 Å². The van der Waals surface area contributed by atoms with Crippen molar-refractivity contribution in [2.75, 3.05) is 27.8 Å². The zero-order valence-electron chi connectivity index (χ0n) is 14.2. The summed E-state index contributed by atoms with van der Waals surface area (Å²) in [6, 6.07) is 6.77. The van der Waals surface area contributed by atoms with Gasteiger partial charge in [-0.25, -0.2) is 0 Å². The number of hydrogen-bond donors (Lipinski definition) is 1. The van der Waals surface area contributed by atoms with Gasteiger partial charge in [-0.05, 0) is 40.2 Å². The summed E-state index contributed by atoms with van der Waals surface area (Å²) in [6.07, 6.45) is 1.53. The second kappa shape index (κ2) is 8.57. The van der Waals surface area contributed by atoms with Crippen molar-refractivity contribution in [3.63, 3.8) is 0 Å². The van der Waals surface area contributed by atoms with Gasteiger partial charge in [-0.3, -0.25) is 9.59 Å².